The van der Waals surface area contributed by atoms with Gasteiger partial charge in [0.2, 0.25) is 0 Å². The lowest BCUT2D eigenvalue weighted by atomic mass is 10.2. The molecule has 1 aliphatic heterocycles. The van der Waals surface area contributed by atoms with Gasteiger partial charge in [0.15, 0.2) is 10.8 Å². The number of benzene rings is 1. The topological polar surface area (TPSA) is 110 Å². The third-order valence-electron chi connectivity index (χ3n) is 4.45. The number of amides is 3. The number of nitrogens with one attached hydrogen (secondary N) is 2. The lowest BCUT2D eigenvalue weighted by Crippen LogP contribution is -2.38. The van der Waals surface area contributed by atoms with Crippen molar-refractivity contribution >= 4 is 34.1 Å². The van der Waals surface area contributed by atoms with Gasteiger partial charge >= 0.3 is 6.03 Å². The van der Waals surface area contributed by atoms with Gasteiger partial charge in [-0.2, -0.15) is 0 Å². The van der Waals surface area contributed by atoms with Crippen molar-refractivity contribution in [1.82, 2.24) is 15.0 Å². The van der Waals surface area contributed by atoms with Crippen LogP contribution in [0.2, 0.25) is 0 Å². The van der Waals surface area contributed by atoms with E-state index in [-0.39, 0.29) is 17.6 Å². The van der Waals surface area contributed by atoms with E-state index >= 15 is 0 Å². The molecule has 9 nitrogen and oxygen atoms in total. The minimum absolute atomic E-state index is 0.202. The highest BCUT2D eigenvalue weighted by atomic mass is 32.1. The van der Waals surface area contributed by atoms with Crippen LogP contribution in [0, 0.1) is 6.92 Å². The first-order chi connectivity index (χ1) is 14.0. The SMILES string of the molecule is COc1ccccc1NC(=O)N1CCc2nc(NC(=O)c3cc(C)on3)sc2C1. The van der Waals surface area contributed by atoms with Crippen molar-refractivity contribution in [2.24, 2.45) is 0 Å². The molecule has 0 spiro atoms. The van der Waals surface area contributed by atoms with Crippen molar-refractivity contribution in [1.29, 1.82) is 0 Å². The lowest BCUT2D eigenvalue weighted by Gasteiger charge is -2.26. The summed E-state index contributed by atoms with van der Waals surface area (Å²) in [6.45, 7) is 2.68. The van der Waals surface area contributed by atoms with Crippen LogP contribution in [0.15, 0.2) is 34.9 Å². The molecule has 0 saturated carbocycles. The second-order valence-corrected chi connectivity index (χ2v) is 7.55. The standard InChI is InChI=1S/C19H19N5O4S/c1-11-9-14(23-28-11)17(25)22-18-20-13-7-8-24(10-16(13)29-18)19(26)21-12-5-3-4-6-15(12)27-2/h3-6,9H,7-8,10H2,1-2H3,(H,21,26)(H,20,22,25). The largest absolute Gasteiger partial charge is 0.495 e. The summed E-state index contributed by atoms with van der Waals surface area (Å²) in [4.78, 5) is 32.0. The Morgan fingerprint density at radius 2 is 2.10 bits per heavy atom. The van der Waals surface area contributed by atoms with E-state index in [2.05, 4.69) is 20.8 Å². The van der Waals surface area contributed by atoms with E-state index < -0.39 is 0 Å². The Balaban J connectivity index is 1.42. The first kappa shape index (κ1) is 18.9. The average molecular weight is 413 g/mol. The van der Waals surface area contributed by atoms with Crippen LogP contribution in [0.5, 0.6) is 5.75 Å². The molecule has 10 heteroatoms. The zero-order chi connectivity index (χ0) is 20.4. The van der Waals surface area contributed by atoms with E-state index in [1.165, 1.54) is 11.3 Å². The Hall–Kier alpha value is -3.40. The molecule has 0 aliphatic carbocycles. The van der Waals surface area contributed by atoms with Crippen LogP contribution < -0.4 is 15.4 Å². The number of anilines is 2. The quantitative estimate of drug-likeness (QED) is 0.679. The molecule has 0 saturated heterocycles. The third kappa shape index (κ3) is 4.06. The van der Waals surface area contributed by atoms with Gasteiger partial charge in [0.05, 0.1) is 25.0 Å². The summed E-state index contributed by atoms with van der Waals surface area (Å²) >= 11 is 1.35. The zero-order valence-corrected chi connectivity index (χ0v) is 16.7. The highest BCUT2D eigenvalue weighted by molar-refractivity contribution is 7.15. The maximum absolute atomic E-state index is 12.7. The fourth-order valence-corrected chi connectivity index (χ4v) is 4.02. The molecule has 4 rings (SSSR count). The number of thiazole rings is 1. The number of ether oxygens (including phenoxy) is 1. The van der Waals surface area contributed by atoms with Gasteiger partial charge < -0.3 is 19.5 Å². The number of aryl methyl sites for hydroxylation is 1. The molecule has 0 atom stereocenters. The Morgan fingerprint density at radius 3 is 2.86 bits per heavy atom. The van der Waals surface area contributed by atoms with Crippen molar-refractivity contribution < 1.29 is 18.8 Å². The zero-order valence-electron chi connectivity index (χ0n) is 15.9. The van der Waals surface area contributed by atoms with Crippen LogP contribution in [0.1, 0.15) is 26.8 Å². The maximum atomic E-state index is 12.7. The van der Waals surface area contributed by atoms with Crippen molar-refractivity contribution in [2.45, 2.75) is 19.9 Å². The number of urea groups is 1. The molecule has 0 bridgehead atoms. The molecule has 0 radical (unpaired) electrons. The van der Waals surface area contributed by atoms with Gasteiger partial charge in [-0.15, -0.1) is 0 Å². The molecular weight excluding hydrogens is 394 g/mol. The number of hydrogen-bond acceptors (Lipinski definition) is 7. The van der Waals surface area contributed by atoms with Crippen LogP contribution in [0.4, 0.5) is 15.6 Å². The van der Waals surface area contributed by atoms with Crippen LogP contribution >= 0.6 is 11.3 Å². The Morgan fingerprint density at radius 1 is 1.28 bits per heavy atom. The molecule has 1 aromatic carbocycles. The first-order valence-corrected chi connectivity index (χ1v) is 9.77. The minimum Gasteiger partial charge on any atom is -0.495 e. The van der Waals surface area contributed by atoms with Crippen molar-refractivity contribution in [3.05, 3.63) is 52.4 Å². The second kappa shape index (κ2) is 7.92. The average Bonchev–Trinajstić information content (AvgIpc) is 3.33. The summed E-state index contributed by atoms with van der Waals surface area (Å²) < 4.78 is 10.2. The molecular formula is C19H19N5O4S. The van der Waals surface area contributed by atoms with Crippen LogP contribution in [0.3, 0.4) is 0 Å². The number of methoxy groups -OCH3 is 1. The van der Waals surface area contributed by atoms with Crippen LogP contribution in [-0.2, 0) is 13.0 Å². The van der Waals surface area contributed by atoms with Gasteiger partial charge in [-0.25, -0.2) is 9.78 Å². The van der Waals surface area contributed by atoms with E-state index in [0.717, 1.165) is 10.6 Å². The Labute approximate surface area is 170 Å². The number of rotatable bonds is 4. The number of hydrogen-bond donors (Lipinski definition) is 2. The number of carbonyl (C=O) groups is 2. The number of fused-ring (bicyclic) bond motifs is 1. The Kier molecular flexibility index (Phi) is 5.17. The molecule has 3 amide bonds. The summed E-state index contributed by atoms with van der Waals surface area (Å²) in [6.07, 6.45) is 0.615. The highest BCUT2D eigenvalue weighted by Crippen LogP contribution is 2.30. The molecule has 2 aromatic heterocycles. The Bertz CT molecular complexity index is 1060. The van der Waals surface area contributed by atoms with Crippen molar-refractivity contribution in [3.8, 4) is 5.75 Å². The van der Waals surface area contributed by atoms with E-state index in [1.54, 1.807) is 37.1 Å². The molecule has 0 unspecified atom stereocenters. The maximum Gasteiger partial charge on any atom is 0.322 e. The summed E-state index contributed by atoms with van der Waals surface area (Å²) in [6, 6.07) is 8.61. The number of carbonyl (C=O) groups excluding carboxylic acids is 2. The van der Waals surface area contributed by atoms with Gasteiger partial charge in [-0.3, -0.25) is 10.1 Å². The van der Waals surface area contributed by atoms with Gasteiger partial charge in [-0.1, -0.05) is 28.6 Å². The summed E-state index contributed by atoms with van der Waals surface area (Å²) in [7, 11) is 1.56. The third-order valence-corrected chi connectivity index (χ3v) is 5.45. The molecule has 1 aliphatic rings. The predicted octanol–water partition coefficient (Wildman–Crippen LogP) is 3.29. The molecule has 3 heterocycles. The van der Waals surface area contributed by atoms with Gasteiger partial charge in [0.1, 0.15) is 11.5 Å². The van der Waals surface area contributed by atoms with Crippen LogP contribution in [-0.4, -0.2) is 40.6 Å². The highest BCUT2D eigenvalue weighted by Gasteiger charge is 2.25. The first-order valence-electron chi connectivity index (χ1n) is 8.95. The molecule has 3 aromatic rings. The second-order valence-electron chi connectivity index (χ2n) is 6.47. The summed E-state index contributed by atoms with van der Waals surface area (Å²) in [5.41, 5.74) is 1.71. The number of aromatic nitrogens is 2. The summed E-state index contributed by atoms with van der Waals surface area (Å²) in [5, 5.41) is 9.80. The predicted molar refractivity (Wildman–Crippen MR) is 107 cm³/mol. The van der Waals surface area contributed by atoms with E-state index in [9.17, 15) is 9.59 Å². The van der Waals surface area contributed by atoms with E-state index in [0.29, 0.717) is 41.8 Å². The van der Waals surface area contributed by atoms with E-state index in [1.807, 2.05) is 12.1 Å². The monoisotopic (exact) mass is 413 g/mol. The molecule has 0 fully saturated rings. The normalized spacial score (nSPS) is 13.0. The van der Waals surface area contributed by atoms with E-state index in [4.69, 9.17) is 9.26 Å². The van der Waals surface area contributed by atoms with Gasteiger partial charge in [0.25, 0.3) is 5.91 Å². The number of nitrogens with zero attached hydrogens (tertiary/aromatic N) is 3. The minimum atomic E-state index is -0.376. The molecule has 29 heavy (non-hydrogen) atoms. The summed E-state index contributed by atoms with van der Waals surface area (Å²) in [5.74, 6) is 0.786. The van der Waals surface area contributed by atoms with Gasteiger partial charge in [0, 0.05) is 23.9 Å². The smallest absolute Gasteiger partial charge is 0.322 e. The fraction of sp³-hybridized carbons (Fsp3) is 0.263. The van der Waals surface area contributed by atoms with Crippen LogP contribution in [0.25, 0.3) is 0 Å². The van der Waals surface area contributed by atoms with Crippen molar-refractivity contribution in [3.63, 3.8) is 0 Å². The lowest BCUT2D eigenvalue weighted by molar-refractivity contribution is 0.101. The molecule has 2 N–H and O–H groups in total. The molecule has 150 valence electrons. The number of para-hydroxylation sites is 2. The van der Waals surface area contributed by atoms with Gasteiger partial charge in [-0.05, 0) is 19.1 Å². The fourth-order valence-electron chi connectivity index (χ4n) is 3.00. The van der Waals surface area contributed by atoms with Crippen molar-refractivity contribution in [2.75, 3.05) is 24.3 Å².